The van der Waals surface area contributed by atoms with Crippen molar-refractivity contribution >= 4 is 69.2 Å². The third kappa shape index (κ3) is 6.15. The highest BCUT2D eigenvalue weighted by atomic mass is 127. The van der Waals surface area contributed by atoms with Crippen molar-refractivity contribution in [1.82, 2.24) is 4.57 Å². The fourth-order valence-electron chi connectivity index (χ4n) is 4.66. The normalized spacial score (nSPS) is 14.8. The molecule has 1 aliphatic rings. The Morgan fingerprint density at radius 2 is 1.88 bits per heavy atom. The minimum atomic E-state index is -0.661. The number of hydrogen-bond acceptors (Lipinski definition) is 7. The number of carbonyl (C=O) groups excluding carboxylic acids is 1. The van der Waals surface area contributed by atoms with E-state index in [1.54, 1.807) is 29.7 Å². The maximum atomic E-state index is 13.9. The molecule has 0 fully saturated rings. The second kappa shape index (κ2) is 13.0. The molecule has 1 atom stereocenters. The topological polar surface area (TPSA) is 79.1 Å². The number of fused-ring (bicyclic) bond motifs is 1. The molecule has 42 heavy (non-hydrogen) atoms. The van der Waals surface area contributed by atoms with Crippen LogP contribution in [0.25, 0.3) is 6.08 Å². The second-order valence-corrected chi connectivity index (χ2v) is 12.3. The van der Waals surface area contributed by atoms with Crippen LogP contribution in [0.5, 0.6) is 11.5 Å². The van der Waals surface area contributed by atoms with E-state index in [9.17, 15) is 9.59 Å². The number of methoxy groups -OCH3 is 1. The zero-order valence-corrected chi connectivity index (χ0v) is 27.3. The lowest BCUT2D eigenvalue weighted by atomic mass is 9.96. The van der Waals surface area contributed by atoms with Gasteiger partial charge in [0.05, 0.1) is 39.1 Å². The molecule has 1 aromatic heterocycles. The van der Waals surface area contributed by atoms with Crippen molar-refractivity contribution in [2.45, 2.75) is 26.5 Å². The summed E-state index contributed by atoms with van der Waals surface area (Å²) < 4.78 is 20.0. The van der Waals surface area contributed by atoms with E-state index >= 15 is 0 Å². The Morgan fingerprint density at radius 1 is 1.12 bits per heavy atom. The number of nitrogens with zero attached hydrogens (tertiary/aromatic N) is 2. The van der Waals surface area contributed by atoms with Crippen LogP contribution in [0, 0.1) is 3.57 Å². The summed E-state index contributed by atoms with van der Waals surface area (Å²) >= 11 is 15.8. The quantitative estimate of drug-likeness (QED) is 0.157. The van der Waals surface area contributed by atoms with Gasteiger partial charge in [-0.2, -0.15) is 0 Å². The molecule has 0 saturated carbocycles. The average molecular weight is 735 g/mol. The molecule has 0 amide bonds. The van der Waals surface area contributed by atoms with E-state index in [1.807, 2.05) is 55.5 Å². The van der Waals surface area contributed by atoms with Crippen molar-refractivity contribution in [1.29, 1.82) is 0 Å². The molecule has 11 heteroatoms. The number of ether oxygens (including phenoxy) is 3. The highest BCUT2D eigenvalue weighted by molar-refractivity contribution is 14.1. The van der Waals surface area contributed by atoms with Gasteiger partial charge in [0.2, 0.25) is 0 Å². The SMILES string of the molecule is CCOc1cc(C=c2sc3n(c2=O)C(c2ccccc2)C(C(=O)OC)=C(C)N=3)cc(I)c1OCc1ccc(Cl)cc1Cl. The zero-order valence-electron chi connectivity index (χ0n) is 22.8. The lowest BCUT2D eigenvalue weighted by molar-refractivity contribution is -0.136. The predicted octanol–water partition coefficient (Wildman–Crippen LogP) is 6.30. The zero-order chi connectivity index (χ0) is 30.0. The van der Waals surface area contributed by atoms with Crippen LogP contribution in [0.1, 0.15) is 36.6 Å². The Labute approximate surface area is 269 Å². The predicted molar refractivity (Wildman–Crippen MR) is 173 cm³/mol. The first-order valence-corrected chi connectivity index (χ1v) is 15.6. The first-order chi connectivity index (χ1) is 20.2. The number of halogens is 3. The summed E-state index contributed by atoms with van der Waals surface area (Å²) in [5.74, 6) is 0.592. The molecule has 4 aromatic rings. The average Bonchev–Trinajstić information content (AvgIpc) is 3.26. The molecule has 0 N–H and O–H groups in total. The lowest BCUT2D eigenvalue weighted by Crippen LogP contribution is -2.39. The molecule has 216 valence electrons. The molecular formula is C31H25Cl2IN2O5S. The summed E-state index contributed by atoms with van der Waals surface area (Å²) in [4.78, 5) is 31.8. The molecule has 0 saturated heterocycles. The minimum absolute atomic E-state index is 0.228. The first kappa shape index (κ1) is 30.3. The first-order valence-electron chi connectivity index (χ1n) is 12.9. The summed E-state index contributed by atoms with van der Waals surface area (Å²) in [5, 5.41) is 1.07. The van der Waals surface area contributed by atoms with Crippen LogP contribution in [-0.4, -0.2) is 24.3 Å². The Balaban J connectivity index is 1.57. The minimum Gasteiger partial charge on any atom is -0.490 e. The van der Waals surface area contributed by atoms with Gasteiger partial charge in [-0.15, -0.1) is 0 Å². The van der Waals surface area contributed by atoms with Crippen LogP contribution >= 0.6 is 57.1 Å². The molecule has 0 bridgehead atoms. The van der Waals surface area contributed by atoms with Crippen molar-refractivity contribution < 1.29 is 19.0 Å². The van der Waals surface area contributed by atoms with Crippen LogP contribution in [0.4, 0.5) is 0 Å². The third-order valence-corrected chi connectivity index (χ3v) is 8.93. The maximum absolute atomic E-state index is 13.9. The van der Waals surface area contributed by atoms with Crippen molar-refractivity contribution in [3.8, 4) is 11.5 Å². The highest BCUT2D eigenvalue weighted by Gasteiger charge is 2.33. The smallest absolute Gasteiger partial charge is 0.338 e. The summed E-state index contributed by atoms with van der Waals surface area (Å²) in [7, 11) is 1.32. The molecule has 3 aromatic carbocycles. The van der Waals surface area contributed by atoms with Crippen LogP contribution in [-0.2, 0) is 16.1 Å². The molecular weight excluding hydrogens is 710 g/mol. The molecule has 0 radical (unpaired) electrons. The number of benzene rings is 3. The molecule has 0 aliphatic carbocycles. The summed E-state index contributed by atoms with van der Waals surface area (Å²) in [6, 6.07) is 17.7. The summed E-state index contributed by atoms with van der Waals surface area (Å²) in [6.45, 7) is 4.30. The molecule has 1 unspecified atom stereocenters. The van der Waals surface area contributed by atoms with Crippen LogP contribution < -0.4 is 24.4 Å². The van der Waals surface area contributed by atoms with Crippen LogP contribution in [0.3, 0.4) is 0 Å². The molecule has 1 aliphatic heterocycles. The fraction of sp³-hybridized carbons (Fsp3) is 0.194. The number of carbonyl (C=O) groups is 1. The summed E-state index contributed by atoms with van der Waals surface area (Å²) in [5.41, 5.74) is 2.92. The van der Waals surface area contributed by atoms with E-state index in [0.717, 1.165) is 20.3 Å². The monoisotopic (exact) mass is 734 g/mol. The number of thiazole rings is 1. The van der Waals surface area contributed by atoms with E-state index in [-0.39, 0.29) is 12.2 Å². The Hall–Kier alpha value is -3.12. The third-order valence-electron chi connectivity index (χ3n) is 6.56. The van der Waals surface area contributed by atoms with Gasteiger partial charge >= 0.3 is 5.97 Å². The van der Waals surface area contributed by atoms with E-state index in [4.69, 9.17) is 37.4 Å². The van der Waals surface area contributed by atoms with Crippen LogP contribution in [0.2, 0.25) is 10.0 Å². The molecule has 5 rings (SSSR count). The Morgan fingerprint density at radius 3 is 2.57 bits per heavy atom. The van der Waals surface area contributed by atoms with Crippen molar-refractivity contribution in [2.75, 3.05) is 13.7 Å². The highest BCUT2D eigenvalue weighted by Crippen LogP contribution is 2.36. The standard InChI is InChI=1S/C31H25Cl2IN2O5S/c1-4-40-24-13-18(12-23(34)28(24)41-16-20-10-11-21(32)15-22(20)33)14-25-29(37)36-27(19-8-6-5-7-9-19)26(30(38)39-3)17(2)35-31(36)42-25/h5-15,27H,4,16H2,1-3H3. The molecule has 0 spiro atoms. The number of aromatic nitrogens is 1. The molecule has 2 heterocycles. The van der Waals surface area contributed by atoms with Gasteiger partial charge in [0.1, 0.15) is 6.61 Å². The lowest BCUT2D eigenvalue weighted by Gasteiger charge is -2.24. The number of hydrogen-bond donors (Lipinski definition) is 0. The van der Waals surface area contributed by atoms with Crippen molar-refractivity contribution in [3.05, 3.63) is 122 Å². The second-order valence-electron chi connectivity index (χ2n) is 9.27. The van der Waals surface area contributed by atoms with Gasteiger partial charge in [0, 0.05) is 15.6 Å². The van der Waals surface area contributed by atoms with E-state index in [2.05, 4.69) is 27.6 Å². The fourth-order valence-corrected chi connectivity index (χ4v) is 6.95. The van der Waals surface area contributed by atoms with Crippen molar-refractivity contribution in [3.63, 3.8) is 0 Å². The number of rotatable bonds is 8. The Bertz CT molecular complexity index is 1890. The van der Waals surface area contributed by atoms with E-state index in [1.165, 1.54) is 18.4 Å². The van der Waals surface area contributed by atoms with E-state index < -0.39 is 12.0 Å². The largest absolute Gasteiger partial charge is 0.490 e. The number of allylic oxidation sites excluding steroid dienone is 1. The summed E-state index contributed by atoms with van der Waals surface area (Å²) in [6.07, 6.45) is 1.80. The van der Waals surface area contributed by atoms with Gasteiger partial charge in [0.25, 0.3) is 5.56 Å². The van der Waals surface area contributed by atoms with Gasteiger partial charge < -0.3 is 14.2 Å². The van der Waals surface area contributed by atoms with Gasteiger partial charge in [-0.25, -0.2) is 9.79 Å². The number of esters is 1. The van der Waals surface area contributed by atoms with E-state index in [0.29, 0.717) is 48.8 Å². The Kier molecular flexibility index (Phi) is 9.41. The van der Waals surface area contributed by atoms with Gasteiger partial charge in [-0.3, -0.25) is 9.36 Å². The van der Waals surface area contributed by atoms with Gasteiger partial charge in [0.15, 0.2) is 16.3 Å². The van der Waals surface area contributed by atoms with Gasteiger partial charge in [-0.05, 0) is 77.9 Å². The maximum Gasteiger partial charge on any atom is 0.338 e. The van der Waals surface area contributed by atoms with Crippen molar-refractivity contribution in [2.24, 2.45) is 4.99 Å². The van der Waals surface area contributed by atoms with Gasteiger partial charge in [-0.1, -0.05) is 70.9 Å². The van der Waals surface area contributed by atoms with Crippen LogP contribution in [0.15, 0.2) is 81.7 Å². The molecule has 7 nitrogen and oxygen atoms in total.